The van der Waals surface area contributed by atoms with Gasteiger partial charge in [-0.05, 0) is 22.0 Å². The molecule has 21 heavy (non-hydrogen) atoms. The van der Waals surface area contributed by atoms with Crippen LogP contribution in [0.3, 0.4) is 0 Å². The van der Waals surface area contributed by atoms with Crippen molar-refractivity contribution >= 4 is 39.0 Å². The second-order valence-corrected chi connectivity index (χ2v) is 4.59. The molecule has 0 bridgehead atoms. The van der Waals surface area contributed by atoms with Gasteiger partial charge in [0.15, 0.2) is 5.82 Å². The van der Waals surface area contributed by atoms with Crippen molar-refractivity contribution in [3.05, 3.63) is 50.9 Å². The normalized spacial score (nSPS) is 10.0. The van der Waals surface area contributed by atoms with E-state index in [1.807, 2.05) is 0 Å². The van der Waals surface area contributed by atoms with E-state index in [0.717, 1.165) is 0 Å². The number of hydrogen-bond donors (Lipinski definition) is 3. The maximum atomic E-state index is 12.1. The number of nitro groups is 1. The summed E-state index contributed by atoms with van der Waals surface area (Å²) in [5.74, 6) is 4.88. The number of aromatic nitrogens is 2. The highest BCUT2D eigenvalue weighted by Crippen LogP contribution is 2.27. The van der Waals surface area contributed by atoms with Crippen LogP contribution >= 0.6 is 15.9 Å². The zero-order chi connectivity index (χ0) is 15.4. The van der Waals surface area contributed by atoms with Crippen molar-refractivity contribution in [3.63, 3.8) is 0 Å². The Morgan fingerprint density at radius 2 is 2.10 bits per heavy atom. The molecule has 0 radical (unpaired) electrons. The maximum absolute atomic E-state index is 12.1. The number of nitrogens with zero attached hydrogens (tertiary/aromatic N) is 3. The molecule has 0 aliphatic heterocycles. The minimum Gasteiger partial charge on any atom is -0.318 e. The number of nitrogen functional groups attached to an aromatic ring is 1. The van der Waals surface area contributed by atoms with Gasteiger partial charge in [-0.1, -0.05) is 6.07 Å². The summed E-state index contributed by atoms with van der Waals surface area (Å²) in [7, 11) is 0. The lowest BCUT2D eigenvalue weighted by Gasteiger charge is -2.09. The Labute approximate surface area is 126 Å². The van der Waals surface area contributed by atoms with Gasteiger partial charge < -0.3 is 10.7 Å². The predicted molar refractivity (Wildman–Crippen MR) is 78.6 cm³/mol. The van der Waals surface area contributed by atoms with Crippen LogP contribution < -0.4 is 16.6 Å². The maximum Gasteiger partial charge on any atom is 0.294 e. The first-order valence-electron chi connectivity index (χ1n) is 5.56. The van der Waals surface area contributed by atoms with Gasteiger partial charge in [-0.15, -0.1) is 0 Å². The van der Waals surface area contributed by atoms with Gasteiger partial charge in [-0.25, -0.2) is 9.97 Å². The van der Waals surface area contributed by atoms with E-state index in [2.05, 4.69) is 36.6 Å². The number of nitrogens with two attached hydrogens (primary N) is 1. The molecule has 0 saturated heterocycles. The number of carbonyl (C=O) groups excluding carboxylic acids is 1. The van der Waals surface area contributed by atoms with Crippen LogP contribution in [0, 0.1) is 10.1 Å². The van der Waals surface area contributed by atoms with Crippen LogP contribution in [0.4, 0.5) is 17.2 Å². The third kappa shape index (κ3) is 3.30. The summed E-state index contributed by atoms with van der Waals surface area (Å²) in [6, 6.07) is 4.04. The van der Waals surface area contributed by atoms with Gasteiger partial charge in [0.1, 0.15) is 10.3 Å². The number of nitrogens with one attached hydrogen (secondary N) is 2. The number of halogens is 1. The SMILES string of the molecule is NNc1c(C(=O)Nc2cnc(Br)cn2)cccc1[N+](=O)[O-]. The molecule has 0 atom stereocenters. The molecule has 0 aliphatic rings. The minimum atomic E-state index is -0.634. The standard InChI is InChI=1S/C11H9BrN6O3/c12-8-4-15-9(5-14-8)16-11(19)6-2-1-3-7(18(20)21)10(6)17-13/h1-5,17H,13H2,(H,15,16,19). The van der Waals surface area contributed by atoms with E-state index in [-0.39, 0.29) is 22.8 Å². The predicted octanol–water partition coefficient (Wildman–Crippen LogP) is 1.69. The molecule has 1 aromatic heterocycles. The molecule has 0 saturated carbocycles. The lowest BCUT2D eigenvalue weighted by atomic mass is 10.1. The van der Waals surface area contributed by atoms with E-state index in [1.54, 1.807) is 0 Å². The second-order valence-electron chi connectivity index (χ2n) is 3.78. The average Bonchev–Trinajstić information content (AvgIpc) is 2.48. The summed E-state index contributed by atoms with van der Waals surface area (Å²) < 4.78 is 0.514. The van der Waals surface area contributed by atoms with Crippen LogP contribution in [0.25, 0.3) is 0 Å². The Bertz CT molecular complexity index is 691. The van der Waals surface area contributed by atoms with Gasteiger partial charge in [0, 0.05) is 6.07 Å². The molecule has 10 heteroatoms. The van der Waals surface area contributed by atoms with Gasteiger partial charge in [0.25, 0.3) is 11.6 Å². The monoisotopic (exact) mass is 352 g/mol. The highest BCUT2D eigenvalue weighted by Gasteiger charge is 2.21. The Morgan fingerprint density at radius 3 is 2.67 bits per heavy atom. The number of nitro benzene ring substituents is 1. The second kappa shape index (κ2) is 6.24. The topological polar surface area (TPSA) is 136 Å². The van der Waals surface area contributed by atoms with Crippen molar-refractivity contribution in [3.8, 4) is 0 Å². The molecule has 108 valence electrons. The van der Waals surface area contributed by atoms with Crippen LogP contribution in [-0.2, 0) is 0 Å². The lowest BCUT2D eigenvalue weighted by Crippen LogP contribution is -2.19. The number of carbonyl (C=O) groups is 1. The molecule has 1 aromatic carbocycles. The molecule has 0 unspecified atom stereocenters. The quantitative estimate of drug-likeness (QED) is 0.432. The molecule has 0 aliphatic carbocycles. The van der Waals surface area contributed by atoms with E-state index in [4.69, 9.17) is 5.84 Å². The van der Waals surface area contributed by atoms with Crippen LogP contribution in [0.5, 0.6) is 0 Å². The molecular formula is C11H9BrN6O3. The molecule has 1 amide bonds. The van der Waals surface area contributed by atoms with Gasteiger partial charge in [-0.3, -0.25) is 20.8 Å². The van der Waals surface area contributed by atoms with Crippen molar-refractivity contribution in [2.75, 3.05) is 10.7 Å². The molecule has 2 rings (SSSR count). The Hall–Kier alpha value is -2.59. The van der Waals surface area contributed by atoms with Crippen LogP contribution in [-0.4, -0.2) is 20.8 Å². The summed E-state index contributed by atoms with van der Waals surface area (Å²) in [6.07, 6.45) is 2.75. The summed E-state index contributed by atoms with van der Waals surface area (Å²) in [5.41, 5.74) is 1.82. The number of hydrazine groups is 1. The molecule has 9 nitrogen and oxygen atoms in total. The first-order valence-corrected chi connectivity index (χ1v) is 6.35. The smallest absolute Gasteiger partial charge is 0.294 e. The number of amides is 1. The average molecular weight is 353 g/mol. The van der Waals surface area contributed by atoms with Crippen molar-refractivity contribution in [1.29, 1.82) is 0 Å². The van der Waals surface area contributed by atoms with Crippen molar-refractivity contribution in [2.45, 2.75) is 0 Å². The Kier molecular flexibility index (Phi) is 4.40. The molecular weight excluding hydrogens is 344 g/mol. The number of benzene rings is 1. The molecule has 4 N–H and O–H groups in total. The number of hydrogen-bond acceptors (Lipinski definition) is 7. The van der Waals surface area contributed by atoms with Gasteiger partial charge in [-0.2, -0.15) is 0 Å². The number of rotatable bonds is 4. The summed E-state index contributed by atoms with van der Waals surface area (Å²) in [5, 5.41) is 13.4. The fraction of sp³-hybridized carbons (Fsp3) is 0. The van der Waals surface area contributed by atoms with Crippen LogP contribution in [0.1, 0.15) is 10.4 Å². The highest BCUT2D eigenvalue weighted by molar-refractivity contribution is 9.10. The Morgan fingerprint density at radius 1 is 1.33 bits per heavy atom. The van der Waals surface area contributed by atoms with Crippen molar-refractivity contribution in [1.82, 2.24) is 9.97 Å². The summed E-state index contributed by atoms with van der Waals surface area (Å²) in [6.45, 7) is 0. The zero-order valence-corrected chi connectivity index (χ0v) is 12.0. The van der Waals surface area contributed by atoms with E-state index >= 15 is 0 Å². The number of anilines is 2. The summed E-state index contributed by atoms with van der Waals surface area (Å²) in [4.78, 5) is 30.2. The van der Waals surface area contributed by atoms with E-state index in [1.165, 1.54) is 30.6 Å². The fourth-order valence-electron chi connectivity index (χ4n) is 1.59. The first kappa shape index (κ1) is 14.8. The van der Waals surface area contributed by atoms with E-state index < -0.39 is 10.8 Å². The van der Waals surface area contributed by atoms with Crippen molar-refractivity contribution in [2.24, 2.45) is 5.84 Å². The largest absolute Gasteiger partial charge is 0.318 e. The molecule has 0 fully saturated rings. The van der Waals surface area contributed by atoms with Gasteiger partial charge in [0.2, 0.25) is 0 Å². The number of para-hydroxylation sites is 1. The van der Waals surface area contributed by atoms with Crippen LogP contribution in [0.15, 0.2) is 35.2 Å². The first-order chi connectivity index (χ1) is 10.0. The highest BCUT2D eigenvalue weighted by atomic mass is 79.9. The molecule has 1 heterocycles. The minimum absolute atomic E-state index is 0.0245. The third-order valence-corrected chi connectivity index (χ3v) is 2.90. The lowest BCUT2D eigenvalue weighted by molar-refractivity contribution is -0.384. The third-order valence-electron chi connectivity index (χ3n) is 2.49. The summed E-state index contributed by atoms with van der Waals surface area (Å²) >= 11 is 3.12. The van der Waals surface area contributed by atoms with Gasteiger partial charge in [0.05, 0.1) is 22.9 Å². The molecule has 0 spiro atoms. The Balaban J connectivity index is 2.33. The zero-order valence-electron chi connectivity index (χ0n) is 10.4. The molecule has 2 aromatic rings. The van der Waals surface area contributed by atoms with Gasteiger partial charge >= 0.3 is 0 Å². The van der Waals surface area contributed by atoms with Crippen molar-refractivity contribution < 1.29 is 9.72 Å². The van der Waals surface area contributed by atoms with E-state index in [0.29, 0.717) is 4.60 Å². The van der Waals surface area contributed by atoms with E-state index in [9.17, 15) is 14.9 Å². The fourth-order valence-corrected chi connectivity index (χ4v) is 1.80. The van der Waals surface area contributed by atoms with Crippen LogP contribution in [0.2, 0.25) is 0 Å².